The van der Waals surface area contributed by atoms with Crippen LogP contribution in [0.3, 0.4) is 0 Å². The van der Waals surface area contributed by atoms with Gasteiger partial charge in [0.1, 0.15) is 5.82 Å². The van der Waals surface area contributed by atoms with Crippen molar-refractivity contribution in [2.45, 2.75) is 6.92 Å². The molecule has 0 spiro atoms. The molecule has 0 saturated heterocycles. The van der Waals surface area contributed by atoms with Crippen molar-refractivity contribution in [3.63, 3.8) is 0 Å². The van der Waals surface area contributed by atoms with E-state index in [1.807, 2.05) is 0 Å². The summed E-state index contributed by atoms with van der Waals surface area (Å²) >= 11 is 0. The molecule has 1 amide bonds. The molecule has 8 heteroatoms. The summed E-state index contributed by atoms with van der Waals surface area (Å²) in [5.74, 6) is 0.161. The van der Waals surface area contributed by atoms with Crippen LogP contribution < -0.4 is 11.1 Å². The normalized spacial score (nSPS) is 11.2. The number of ether oxygens (including phenoxy) is 1. The van der Waals surface area contributed by atoms with Gasteiger partial charge in [-0.15, -0.1) is 0 Å². The molecule has 0 aliphatic heterocycles. The van der Waals surface area contributed by atoms with E-state index in [0.717, 1.165) is 0 Å². The van der Waals surface area contributed by atoms with Crippen LogP contribution in [-0.4, -0.2) is 33.5 Å². The Morgan fingerprint density at radius 2 is 2.50 bits per heavy atom. The zero-order chi connectivity index (χ0) is 12.1. The zero-order valence-electron chi connectivity index (χ0n) is 8.97. The number of nitrogens with one attached hydrogen (secondary N) is 1. The first-order valence-corrected chi connectivity index (χ1v) is 4.53. The monoisotopic (exact) mass is 227 g/mol. The maximum atomic E-state index is 11.2. The van der Waals surface area contributed by atoms with Crippen molar-refractivity contribution in [1.29, 1.82) is 0 Å². The van der Waals surface area contributed by atoms with Crippen LogP contribution in [-0.2, 0) is 11.8 Å². The highest BCUT2D eigenvalue weighted by Crippen LogP contribution is 2.13. The Labute approximate surface area is 91.7 Å². The lowest BCUT2D eigenvalue weighted by molar-refractivity contribution is 0.167. The van der Waals surface area contributed by atoms with Crippen LogP contribution in [0.1, 0.15) is 12.5 Å². The first-order valence-electron chi connectivity index (χ1n) is 4.53. The number of amidine groups is 1. The van der Waals surface area contributed by atoms with Crippen molar-refractivity contribution in [2.24, 2.45) is 17.9 Å². The van der Waals surface area contributed by atoms with Crippen LogP contribution in [0.25, 0.3) is 0 Å². The SMILES string of the molecule is CCOC(=O)Nc1c(C(N)=NO)cnn1C. The van der Waals surface area contributed by atoms with Crippen molar-refractivity contribution in [1.82, 2.24) is 9.78 Å². The third-order valence-electron chi connectivity index (χ3n) is 1.82. The standard InChI is InChI=1S/C8H13N5O3/c1-3-16-8(14)11-7-5(6(9)12-15)4-10-13(7)2/h4,15H,3H2,1-2H3,(H2,9,12)(H,11,14). The number of hydrogen-bond acceptors (Lipinski definition) is 5. The lowest BCUT2D eigenvalue weighted by atomic mass is 10.3. The number of nitrogens with zero attached hydrogens (tertiary/aromatic N) is 3. The van der Waals surface area contributed by atoms with Gasteiger partial charge < -0.3 is 15.7 Å². The van der Waals surface area contributed by atoms with E-state index in [1.54, 1.807) is 14.0 Å². The molecule has 0 saturated carbocycles. The molecule has 0 radical (unpaired) electrons. The molecule has 4 N–H and O–H groups in total. The summed E-state index contributed by atoms with van der Waals surface area (Å²) in [6, 6.07) is 0. The predicted octanol–water partition coefficient (Wildman–Crippen LogP) is 0.0830. The van der Waals surface area contributed by atoms with Crippen LogP contribution in [0.5, 0.6) is 0 Å². The number of carbonyl (C=O) groups excluding carboxylic acids is 1. The third kappa shape index (κ3) is 2.41. The lowest BCUT2D eigenvalue weighted by Crippen LogP contribution is -2.20. The van der Waals surface area contributed by atoms with Crippen molar-refractivity contribution in [3.8, 4) is 0 Å². The van der Waals surface area contributed by atoms with Crippen LogP contribution in [0.2, 0.25) is 0 Å². The molecule has 16 heavy (non-hydrogen) atoms. The Morgan fingerprint density at radius 3 is 3.06 bits per heavy atom. The van der Waals surface area contributed by atoms with Gasteiger partial charge in [-0.1, -0.05) is 5.16 Å². The van der Waals surface area contributed by atoms with Crippen LogP contribution in [0.15, 0.2) is 11.4 Å². The molecule has 0 aliphatic carbocycles. The number of oxime groups is 1. The fourth-order valence-corrected chi connectivity index (χ4v) is 1.09. The Bertz CT molecular complexity index is 412. The van der Waals surface area contributed by atoms with Crippen molar-refractivity contribution in [2.75, 3.05) is 11.9 Å². The number of amides is 1. The number of aromatic nitrogens is 2. The molecule has 0 bridgehead atoms. The summed E-state index contributed by atoms with van der Waals surface area (Å²) < 4.78 is 6.08. The Morgan fingerprint density at radius 1 is 1.81 bits per heavy atom. The highest BCUT2D eigenvalue weighted by Gasteiger charge is 2.15. The van der Waals surface area contributed by atoms with Gasteiger partial charge in [0.25, 0.3) is 0 Å². The number of carbonyl (C=O) groups is 1. The van der Waals surface area contributed by atoms with Gasteiger partial charge >= 0.3 is 6.09 Å². The van der Waals surface area contributed by atoms with Crippen LogP contribution in [0.4, 0.5) is 10.6 Å². The number of hydrogen-bond donors (Lipinski definition) is 3. The molecule has 0 atom stereocenters. The van der Waals surface area contributed by atoms with Gasteiger partial charge in [0.2, 0.25) is 0 Å². The fourth-order valence-electron chi connectivity index (χ4n) is 1.09. The number of nitrogens with two attached hydrogens (primary N) is 1. The third-order valence-corrected chi connectivity index (χ3v) is 1.82. The van der Waals surface area contributed by atoms with Gasteiger partial charge in [0, 0.05) is 7.05 Å². The average molecular weight is 227 g/mol. The summed E-state index contributed by atoms with van der Waals surface area (Å²) in [5.41, 5.74) is 5.73. The summed E-state index contributed by atoms with van der Waals surface area (Å²) in [5, 5.41) is 17.7. The lowest BCUT2D eigenvalue weighted by Gasteiger charge is -2.07. The minimum atomic E-state index is -0.627. The second-order valence-corrected chi connectivity index (χ2v) is 2.86. The second-order valence-electron chi connectivity index (χ2n) is 2.86. The van der Waals surface area contributed by atoms with E-state index < -0.39 is 6.09 Å². The van der Waals surface area contributed by atoms with Crippen LogP contribution >= 0.6 is 0 Å². The quantitative estimate of drug-likeness (QED) is 0.293. The number of rotatable bonds is 3. The van der Waals surface area contributed by atoms with Gasteiger partial charge in [-0.05, 0) is 6.92 Å². The van der Waals surface area contributed by atoms with Crippen molar-refractivity contribution < 1.29 is 14.7 Å². The average Bonchev–Trinajstić information content (AvgIpc) is 2.60. The van der Waals surface area contributed by atoms with E-state index in [4.69, 9.17) is 15.7 Å². The molecule has 1 heterocycles. The second kappa shape index (κ2) is 5.01. The summed E-state index contributed by atoms with van der Waals surface area (Å²) in [6.45, 7) is 1.94. The van der Waals surface area contributed by atoms with E-state index >= 15 is 0 Å². The molecule has 0 aliphatic rings. The molecule has 1 aromatic rings. The largest absolute Gasteiger partial charge is 0.450 e. The highest BCUT2D eigenvalue weighted by atomic mass is 16.5. The highest BCUT2D eigenvalue weighted by molar-refractivity contribution is 6.03. The maximum Gasteiger partial charge on any atom is 0.412 e. The fraction of sp³-hybridized carbons (Fsp3) is 0.375. The number of anilines is 1. The molecule has 1 aromatic heterocycles. The predicted molar refractivity (Wildman–Crippen MR) is 56.4 cm³/mol. The van der Waals surface area contributed by atoms with Gasteiger partial charge in [-0.3, -0.25) is 10.00 Å². The smallest absolute Gasteiger partial charge is 0.412 e. The van der Waals surface area contributed by atoms with E-state index in [0.29, 0.717) is 11.4 Å². The summed E-state index contributed by atoms with van der Waals surface area (Å²) in [4.78, 5) is 11.2. The van der Waals surface area contributed by atoms with Gasteiger partial charge in [-0.25, -0.2) is 4.79 Å². The Balaban J connectivity index is 2.94. The topological polar surface area (TPSA) is 115 Å². The minimum Gasteiger partial charge on any atom is -0.450 e. The maximum absolute atomic E-state index is 11.2. The Hall–Kier alpha value is -2.25. The molecule has 1 rings (SSSR count). The van der Waals surface area contributed by atoms with Crippen LogP contribution in [0, 0.1) is 0 Å². The van der Waals surface area contributed by atoms with Gasteiger partial charge in [0.05, 0.1) is 18.4 Å². The molecule has 0 aromatic carbocycles. The molecule has 88 valence electrons. The van der Waals surface area contributed by atoms with E-state index in [1.165, 1.54) is 10.9 Å². The summed E-state index contributed by atoms with van der Waals surface area (Å²) in [7, 11) is 1.61. The molecular weight excluding hydrogens is 214 g/mol. The Kier molecular flexibility index (Phi) is 3.70. The van der Waals surface area contributed by atoms with Crippen molar-refractivity contribution >= 4 is 17.7 Å². The molecule has 8 nitrogen and oxygen atoms in total. The van der Waals surface area contributed by atoms with E-state index in [2.05, 4.69) is 15.6 Å². The van der Waals surface area contributed by atoms with Gasteiger partial charge in [-0.2, -0.15) is 5.10 Å². The van der Waals surface area contributed by atoms with Gasteiger partial charge in [0.15, 0.2) is 5.84 Å². The minimum absolute atomic E-state index is 0.139. The molecule has 0 unspecified atom stereocenters. The number of aryl methyl sites for hydroxylation is 1. The van der Waals surface area contributed by atoms with E-state index in [-0.39, 0.29) is 12.4 Å². The molecular formula is C8H13N5O3. The first-order chi connectivity index (χ1) is 7.60. The van der Waals surface area contributed by atoms with Crippen molar-refractivity contribution in [3.05, 3.63) is 11.8 Å². The summed E-state index contributed by atoms with van der Waals surface area (Å²) in [6.07, 6.45) is 0.745. The molecule has 0 fully saturated rings. The zero-order valence-corrected chi connectivity index (χ0v) is 8.97. The first kappa shape index (κ1) is 11.8. The van der Waals surface area contributed by atoms with E-state index in [9.17, 15) is 4.79 Å².